The molecule has 0 aliphatic carbocycles. The number of halogens is 1. The Hall–Kier alpha value is -2.47. The number of hydrogen-bond acceptors (Lipinski definition) is 4. The van der Waals surface area contributed by atoms with Gasteiger partial charge in [-0.15, -0.1) is 0 Å². The van der Waals surface area contributed by atoms with E-state index in [9.17, 15) is 4.39 Å². The minimum Gasteiger partial charge on any atom is -0.361 e. The third-order valence-electron chi connectivity index (χ3n) is 5.00. The Labute approximate surface area is 152 Å². The van der Waals surface area contributed by atoms with Crippen LogP contribution in [0.3, 0.4) is 0 Å². The second kappa shape index (κ2) is 7.41. The van der Waals surface area contributed by atoms with E-state index in [2.05, 4.69) is 33.2 Å². The first kappa shape index (κ1) is 17.0. The van der Waals surface area contributed by atoms with Crippen LogP contribution in [0.1, 0.15) is 49.2 Å². The van der Waals surface area contributed by atoms with Crippen LogP contribution in [0.25, 0.3) is 11.3 Å². The molecule has 1 fully saturated rings. The van der Waals surface area contributed by atoms with Crippen LogP contribution in [0.15, 0.2) is 41.1 Å². The number of hydrogen-bond donors (Lipinski definition) is 1. The van der Waals surface area contributed by atoms with Gasteiger partial charge < -0.3 is 4.52 Å². The molecule has 5 nitrogen and oxygen atoms in total. The number of aromatic amines is 1. The molecule has 1 aliphatic rings. The molecule has 136 valence electrons. The fourth-order valence-electron chi connectivity index (χ4n) is 3.72. The zero-order chi connectivity index (χ0) is 17.9. The Kier molecular flexibility index (Phi) is 4.84. The Bertz CT molecular complexity index is 855. The van der Waals surface area contributed by atoms with E-state index in [0.717, 1.165) is 67.0 Å². The van der Waals surface area contributed by atoms with E-state index < -0.39 is 0 Å². The first-order valence-corrected chi connectivity index (χ1v) is 9.22. The van der Waals surface area contributed by atoms with Gasteiger partial charge in [0.05, 0.1) is 17.9 Å². The largest absolute Gasteiger partial charge is 0.361 e. The molecule has 1 N–H and O–H groups in total. The van der Waals surface area contributed by atoms with E-state index >= 15 is 0 Å². The lowest BCUT2D eigenvalue weighted by atomic mass is 10.1. The number of rotatable bonds is 6. The van der Waals surface area contributed by atoms with E-state index in [-0.39, 0.29) is 11.9 Å². The van der Waals surface area contributed by atoms with Crippen molar-refractivity contribution in [2.24, 2.45) is 0 Å². The first-order chi connectivity index (χ1) is 12.7. The standard InChI is InChI=1S/C20H23FN4O/c1-2-4-17-11-18(24-26-17)19-5-3-10-25(19)13-15-12-22-23-20(15)14-6-8-16(21)9-7-14/h6-9,11-12,19H,2-5,10,13H2,1H3,(H,22,23)/t19-/m0/s1. The smallest absolute Gasteiger partial charge is 0.137 e. The number of aryl methyl sites for hydroxylation is 1. The van der Waals surface area contributed by atoms with Gasteiger partial charge in [-0.2, -0.15) is 5.10 Å². The summed E-state index contributed by atoms with van der Waals surface area (Å²) in [7, 11) is 0. The predicted molar refractivity (Wildman–Crippen MR) is 96.9 cm³/mol. The zero-order valence-electron chi connectivity index (χ0n) is 14.9. The summed E-state index contributed by atoms with van der Waals surface area (Å²) in [5, 5.41) is 11.6. The van der Waals surface area contributed by atoms with Crippen LogP contribution in [0.5, 0.6) is 0 Å². The van der Waals surface area contributed by atoms with Crippen LogP contribution >= 0.6 is 0 Å². The monoisotopic (exact) mass is 354 g/mol. The number of nitrogens with zero attached hydrogens (tertiary/aromatic N) is 3. The van der Waals surface area contributed by atoms with Crippen molar-refractivity contribution < 1.29 is 8.91 Å². The molecule has 0 bridgehead atoms. The molecule has 2 aromatic heterocycles. The molecule has 6 heteroatoms. The third kappa shape index (κ3) is 3.42. The summed E-state index contributed by atoms with van der Waals surface area (Å²) in [5.41, 5.74) is 4.03. The van der Waals surface area contributed by atoms with Gasteiger partial charge in [-0.05, 0) is 50.1 Å². The Morgan fingerprint density at radius 1 is 1.31 bits per heavy atom. The van der Waals surface area contributed by atoms with Gasteiger partial charge in [-0.1, -0.05) is 12.1 Å². The van der Waals surface area contributed by atoms with Crippen LogP contribution in [0, 0.1) is 5.82 Å². The minimum absolute atomic E-state index is 0.233. The van der Waals surface area contributed by atoms with Crippen LogP contribution in [0.2, 0.25) is 0 Å². The van der Waals surface area contributed by atoms with Gasteiger partial charge in [0, 0.05) is 30.2 Å². The fraction of sp³-hybridized carbons (Fsp3) is 0.400. The van der Waals surface area contributed by atoms with Crippen molar-refractivity contribution in [1.82, 2.24) is 20.3 Å². The molecule has 4 rings (SSSR count). The van der Waals surface area contributed by atoms with Crippen LogP contribution in [-0.4, -0.2) is 26.8 Å². The SMILES string of the molecule is CCCc1cc([C@@H]2CCCN2Cc2cn[nH]c2-c2ccc(F)cc2)no1. The fourth-order valence-corrected chi connectivity index (χ4v) is 3.72. The topological polar surface area (TPSA) is 58.0 Å². The average molecular weight is 354 g/mol. The number of benzene rings is 1. The van der Waals surface area contributed by atoms with E-state index in [1.165, 1.54) is 12.1 Å². The molecule has 1 saturated heterocycles. The zero-order valence-corrected chi connectivity index (χ0v) is 14.9. The van der Waals surface area contributed by atoms with Crippen molar-refractivity contribution in [2.75, 3.05) is 6.54 Å². The van der Waals surface area contributed by atoms with Crippen molar-refractivity contribution in [3.05, 3.63) is 59.4 Å². The number of likely N-dealkylation sites (tertiary alicyclic amines) is 1. The van der Waals surface area contributed by atoms with E-state index in [0.29, 0.717) is 0 Å². The molecule has 1 aliphatic heterocycles. The van der Waals surface area contributed by atoms with Gasteiger partial charge in [0.2, 0.25) is 0 Å². The normalized spacial score (nSPS) is 17.8. The van der Waals surface area contributed by atoms with Gasteiger partial charge in [-0.3, -0.25) is 10.00 Å². The van der Waals surface area contributed by atoms with E-state index in [1.54, 1.807) is 12.1 Å². The summed E-state index contributed by atoms with van der Waals surface area (Å²) in [6.45, 7) is 3.94. The van der Waals surface area contributed by atoms with Crippen molar-refractivity contribution in [2.45, 2.75) is 45.2 Å². The van der Waals surface area contributed by atoms with Crippen LogP contribution < -0.4 is 0 Å². The van der Waals surface area contributed by atoms with Gasteiger partial charge in [0.25, 0.3) is 0 Å². The molecular weight excluding hydrogens is 331 g/mol. The maximum atomic E-state index is 13.2. The average Bonchev–Trinajstić information content (AvgIpc) is 3.37. The maximum Gasteiger partial charge on any atom is 0.137 e. The molecule has 0 saturated carbocycles. The molecular formula is C20H23FN4O. The lowest BCUT2D eigenvalue weighted by molar-refractivity contribution is 0.236. The first-order valence-electron chi connectivity index (χ1n) is 9.22. The highest BCUT2D eigenvalue weighted by Crippen LogP contribution is 2.34. The highest BCUT2D eigenvalue weighted by Gasteiger charge is 2.29. The van der Waals surface area contributed by atoms with E-state index in [4.69, 9.17) is 4.52 Å². The van der Waals surface area contributed by atoms with Crippen molar-refractivity contribution in [3.8, 4) is 11.3 Å². The Balaban J connectivity index is 1.53. The molecule has 0 radical (unpaired) electrons. The molecule has 0 spiro atoms. The van der Waals surface area contributed by atoms with Crippen LogP contribution in [0.4, 0.5) is 4.39 Å². The van der Waals surface area contributed by atoms with Crippen molar-refractivity contribution in [1.29, 1.82) is 0 Å². The molecule has 3 aromatic rings. The highest BCUT2D eigenvalue weighted by molar-refractivity contribution is 5.62. The summed E-state index contributed by atoms with van der Waals surface area (Å²) in [5.74, 6) is 0.730. The van der Waals surface area contributed by atoms with Gasteiger partial charge in [0.1, 0.15) is 17.3 Å². The molecule has 1 atom stereocenters. The minimum atomic E-state index is -0.233. The number of aromatic nitrogens is 3. The van der Waals surface area contributed by atoms with E-state index in [1.807, 2.05) is 6.20 Å². The molecule has 0 amide bonds. The maximum absolute atomic E-state index is 13.2. The summed E-state index contributed by atoms with van der Waals surface area (Å²) >= 11 is 0. The van der Waals surface area contributed by atoms with Crippen LogP contribution in [-0.2, 0) is 13.0 Å². The number of nitrogens with one attached hydrogen (secondary N) is 1. The quantitative estimate of drug-likeness (QED) is 0.708. The predicted octanol–water partition coefficient (Wildman–Crippen LogP) is 4.49. The van der Waals surface area contributed by atoms with Crippen molar-refractivity contribution >= 4 is 0 Å². The number of H-pyrrole nitrogens is 1. The lowest BCUT2D eigenvalue weighted by Gasteiger charge is -2.22. The molecule has 26 heavy (non-hydrogen) atoms. The Morgan fingerprint density at radius 3 is 2.96 bits per heavy atom. The second-order valence-corrected chi connectivity index (χ2v) is 6.87. The van der Waals surface area contributed by atoms with Gasteiger partial charge in [0.15, 0.2) is 0 Å². The Morgan fingerprint density at radius 2 is 2.15 bits per heavy atom. The molecule has 3 heterocycles. The summed E-state index contributed by atoms with van der Waals surface area (Å²) in [6, 6.07) is 8.89. The summed E-state index contributed by atoms with van der Waals surface area (Å²) < 4.78 is 18.7. The van der Waals surface area contributed by atoms with Gasteiger partial charge >= 0.3 is 0 Å². The highest BCUT2D eigenvalue weighted by atomic mass is 19.1. The summed E-state index contributed by atoms with van der Waals surface area (Å²) in [4.78, 5) is 2.42. The third-order valence-corrected chi connectivity index (χ3v) is 5.00. The summed E-state index contributed by atoms with van der Waals surface area (Å²) in [6.07, 6.45) is 6.07. The van der Waals surface area contributed by atoms with Crippen molar-refractivity contribution in [3.63, 3.8) is 0 Å². The molecule has 1 aromatic carbocycles. The lowest BCUT2D eigenvalue weighted by Crippen LogP contribution is -2.23. The van der Waals surface area contributed by atoms with Gasteiger partial charge in [-0.25, -0.2) is 4.39 Å². The second-order valence-electron chi connectivity index (χ2n) is 6.87. The molecule has 0 unspecified atom stereocenters.